The van der Waals surface area contributed by atoms with Gasteiger partial charge in [-0.15, -0.1) is 0 Å². The highest BCUT2D eigenvalue weighted by Gasteiger charge is 2.37. The van der Waals surface area contributed by atoms with Gasteiger partial charge in [-0.1, -0.05) is 11.8 Å². The molecule has 0 radical (unpaired) electrons. The fraction of sp³-hybridized carbons (Fsp3) is 0.700. The summed E-state index contributed by atoms with van der Waals surface area (Å²) in [6.45, 7) is 5.19. The van der Waals surface area contributed by atoms with Gasteiger partial charge in [0.1, 0.15) is 11.5 Å². The van der Waals surface area contributed by atoms with E-state index in [9.17, 15) is 14.4 Å². The van der Waals surface area contributed by atoms with E-state index in [0.717, 1.165) is 11.8 Å². The lowest BCUT2D eigenvalue weighted by Gasteiger charge is -2.24. The fourth-order valence-electron chi connectivity index (χ4n) is 1.21. The molecule has 0 N–H and O–H groups in total. The Morgan fingerprint density at radius 2 is 2.00 bits per heavy atom. The number of hydrogen-bond acceptors (Lipinski definition) is 5. The molecule has 0 aliphatic carbocycles. The SMILES string of the molecule is CC(C)(C)OC(=O)C1CCSC(=O)C1=O. The molecular formula is C10H14O4S. The molecule has 0 spiro atoms. The average molecular weight is 230 g/mol. The molecule has 0 aromatic heterocycles. The number of esters is 1. The third-order valence-electron chi connectivity index (χ3n) is 1.85. The highest BCUT2D eigenvalue weighted by Crippen LogP contribution is 2.24. The Kier molecular flexibility index (Phi) is 3.54. The van der Waals surface area contributed by atoms with Crippen LogP contribution in [-0.2, 0) is 19.1 Å². The first kappa shape index (κ1) is 12.2. The molecule has 1 aliphatic rings. The predicted octanol–water partition coefficient (Wildman–Crippen LogP) is 1.18. The number of ether oxygens (including phenoxy) is 1. The third-order valence-corrected chi connectivity index (χ3v) is 2.75. The lowest BCUT2D eigenvalue weighted by atomic mass is 10.0. The van der Waals surface area contributed by atoms with Gasteiger partial charge >= 0.3 is 5.97 Å². The minimum Gasteiger partial charge on any atom is -0.459 e. The normalized spacial score (nSPS) is 22.7. The summed E-state index contributed by atoms with van der Waals surface area (Å²) >= 11 is 0.969. The molecule has 5 heteroatoms. The van der Waals surface area contributed by atoms with Crippen molar-refractivity contribution in [3.63, 3.8) is 0 Å². The summed E-state index contributed by atoms with van der Waals surface area (Å²) in [6.07, 6.45) is 0.393. The number of rotatable bonds is 1. The molecule has 1 atom stereocenters. The summed E-state index contributed by atoms with van der Waals surface area (Å²) in [7, 11) is 0. The quantitative estimate of drug-likeness (QED) is 0.384. The molecule has 84 valence electrons. The molecule has 1 saturated heterocycles. The van der Waals surface area contributed by atoms with Gasteiger partial charge in [0.2, 0.25) is 5.78 Å². The maximum Gasteiger partial charge on any atom is 0.317 e. The van der Waals surface area contributed by atoms with Gasteiger partial charge in [0.15, 0.2) is 0 Å². The number of carbonyl (C=O) groups excluding carboxylic acids is 3. The van der Waals surface area contributed by atoms with Crippen LogP contribution in [0, 0.1) is 5.92 Å². The van der Waals surface area contributed by atoms with Crippen molar-refractivity contribution in [3.8, 4) is 0 Å². The second kappa shape index (κ2) is 4.35. The molecule has 1 heterocycles. The molecule has 1 unspecified atom stereocenters. The topological polar surface area (TPSA) is 60.4 Å². The van der Waals surface area contributed by atoms with E-state index in [-0.39, 0.29) is 0 Å². The van der Waals surface area contributed by atoms with E-state index in [0.29, 0.717) is 12.2 Å². The monoisotopic (exact) mass is 230 g/mol. The van der Waals surface area contributed by atoms with E-state index in [1.807, 2.05) is 0 Å². The van der Waals surface area contributed by atoms with E-state index in [1.54, 1.807) is 20.8 Å². The van der Waals surface area contributed by atoms with E-state index >= 15 is 0 Å². The van der Waals surface area contributed by atoms with Crippen LogP contribution in [0.25, 0.3) is 0 Å². The Bertz CT molecular complexity index is 303. The predicted molar refractivity (Wildman–Crippen MR) is 56.4 cm³/mol. The third kappa shape index (κ3) is 3.34. The van der Waals surface area contributed by atoms with Crippen LogP contribution in [0.5, 0.6) is 0 Å². The standard InChI is InChI=1S/C10H14O4S/c1-10(2,3)14-8(12)6-4-5-15-9(13)7(6)11/h6H,4-5H2,1-3H3. The minimum absolute atomic E-state index is 0.393. The maximum absolute atomic E-state index is 11.6. The molecule has 0 saturated carbocycles. The summed E-state index contributed by atoms with van der Waals surface area (Å²) < 4.78 is 5.07. The van der Waals surface area contributed by atoms with Gasteiger partial charge in [0.05, 0.1) is 0 Å². The van der Waals surface area contributed by atoms with Gasteiger partial charge in [-0.05, 0) is 27.2 Å². The number of ketones is 1. The lowest BCUT2D eigenvalue weighted by molar-refractivity contribution is -0.163. The largest absolute Gasteiger partial charge is 0.459 e. The van der Waals surface area contributed by atoms with E-state index in [1.165, 1.54) is 0 Å². The van der Waals surface area contributed by atoms with Crippen molar-refractivity contribution in [2.45, 2.75) is 32.8 Å². The second-order valence-corrected chi connectivity index (χ2v) is 5.44. The second-order valence-electron chi connectivity index (χ2n) is 4.37. The first-order valence-corrected chi connectivity index (χ1v) is 5.73. The van der Waals surface area contributed by atoms with Crippen LogP contribution in [-0.4, -0.2) is 28.2 Å². The Hall–Kier alpha value is -0.840. The number of carbonyl (C=O) groups is 3. The molecule has 0 bridgehead atoms. The molecule has 0 amide bonds. The zero-order chi connectivity index (χ0) is 11.6. The van der Waals surface area contributed by atoms with Crippen molar-refractivity contribution in [1.29, 1.82) is 0 Å². The van der Waals surface area contributed by atoms with Crippen molar-refractivity contribution >= 4 is 28.6 Å². The van der Waals surface area contributed by atoms with Crippen LogP contribution in [0.1, 0.15) is 27.2 Å². The summed E-state index contributed by atoms with van der Waals surface area (Å²) in [4.78, 5) is 34.0. The van der Waals surface area contributed by atoms with Gasteiger partial charge in [-0.3, -0.25) is 14.4 Å². The van der Waals surface area contributed by atoms with Crippen LogP contribution in [0.3, 0.4) is 0 Å². The maximum atomic E-state index is 11.6. The van der Waals surface area contributed by atoms with Crippen LogP contribution in [0.4, 0.5) is 0 Å². The minimum atomic E-state index is -0.891. The van der Waals surface area contributed by atoms with Crippen molar-refractivity contribution < 1.29 is 19.1 Å². The Labute approximate surface area is 92.7 Å². The molecule has 15 heavy (non-hydrogen) atoms. The summed E-state index contributed by atoms with van der Waals surface area (Å²) in [5.74, 6) is -1.59. The number of Topliss-reactive ketones (excluding diaryl/α,β-unsaturated/α-hetero) is 1. The molecule has 1 fully saturated rings. The van der Waals surface area contributed by atoms with Crippen molar-refractivity contribution in [2.75, 3.05) is 5.75 Å². The number of hydrogen-bond donors (Lipinski definition) is 0. The first-order valence-electron chi connectivity index (χ1n) is 4.75. The zero-order valence-corrected chi connectivity index (χ0v) is 9.85. The molecule has 1 rings (SSSR count). The molecule has 0 aromatic rings. The van der Waals surface area contributed by atoms with E-state index < -0.39 is 28.4 Å². The molecular weight excluding hydrogens is 216 g/mol. The average Bonchev–Trinajstić information content (AvgIpc) is 2.06. The Balaban J connectivity index is 2.67. The van der Waals surface area contributed by atoms with Gasteiger partial charge in [0, 0.05) is 5.75 Å². The first-order chi connectivity index (χ1) is 6.81. The highest BCUT2D eigenvalue weighted by molar-refractivity contribution is 8.15. The lowest BCUT2D eigenvalue weighted by Crippen LogP contribution is -2.37. The summed E-state index contributed by atoms with van der Waals surface area (Å²) in [5.41, 5.74) is -0.620. The fourth-order valence-corrected chi connectivity index (χ4v) is 2.04. The zero-order valence-electron chi connectivity index (χ0n) is 9.03. The van der Waals surface area contributed by atoms with E-state index in [2.05, 4.69) is 0 Å². The van der Waals surface area contributed by atoms with Crippen LogP contribution >= 0.6 is 11.8 Å². The highest BCUT2D eigenvalue weighted by atomic mass is 32.2. The van der Waals surface area contributed by atoms with Crippen molar-refractivity contribution in [1.82, 2.24) is 0 Å². The van der Waals surface area contributed by atoms with Crippen LogP contribution < -0.4 is 0 Å². The summed E-state index contributed by atoms with van der Waals surface area (Å²) in [6, 6.07) is 0. The Morgan fingerprint density at radius 3 is 2.53 bits per heavy atom. The van der Waals surface area contributed by atoms with Crippen LogP contribution in [0.15, 0.2) is 0 Å². The Morgan fingerprint density at radius 1 is 1.40 bits per heavy atom. The number of thioether (sulfide) groups is 1. The van der Waals surface area contributed by atoms with Gasteiger partial charge in [-0.2, -0.15) is 0 Å². The molecule has 0 aromatic carbocycles. The van der Waals surface area contributed by atoms with Crippen molar-refractivity contribution in [2.24, 2.45) is 5.92 Å². The van der Waals surface area contributed by atoms with Gasteiger partial charge in [-0.25, -0.2) is 0 Å². The van der Waals surface area contributed by atoms with Gasteiger partial charge < -0.3 is 4.74 Å². The summed E-state index contributed by atoms with van der Waals surface area (Å²) in [5, 5.41) is -0.530. The molecule has 4 nitrogen and oxygen atoms in total. The van der Waals surface area contributed by atoms with Gasteiger partial charge in [0.25, 0.3) is 5.12 Å². The van der Waals surface area contributed by atoms with Crippen molar-refractivity contribution in [3.05, 3.63) is 0 Å². The van der Waals surface area contributed by atoms with E-state index in [4.69, 9.17) is 4.74 Å². The van der Waals surface area contributed by atoms with Crippen LogP contribution in [0.2, 0.25) is 0 Å². The smallest absolute Gasteiger partial charge is 0.317 e. The molecule has 1 aliphatic heterocycles.